The SMILES string of the molecule is O=C(O[C@H]1OC[C@H](OC(=O)c2cc(O)c(O)c(O)c2)[C@H](OC(=O)c2cc(O)c(O)c(O)c2)[C@H]1OC(=O)c1cc(O)c(O)c(O)c1)c1cc(O)c(O)c(O)c1. The Balaban J connectivity index is 1.58. The third-order valence-corrected chi connectivity index (χ3v) is 7.57. The summed E-state index contributed by atoms with van der Waals surface area (Å²) in [4.78, 5) is 53.2. The summed E-state index contributed by atoms with van der Waals surface area (Å²) in [5.41, 5.74) is -2.59. The lowest BCUT2D eigenvalue weighted by molar-refractivity contribution is -0.250. The number of hydrogen-bond donors (Lipinski definition) is 12. The first kappa shape index (κ1) is 37.6. The highest BCUT2D eigenvalue weighted by Crippen LogP contribution is 2.40. The fourth-order valence-electron chi connectivity index (χ4n) is 4.86. The first-order valence-electron chi connectivity index (χ1n) is 14.8. The van der Waals surface area contributed by atoms with E-state index in [1.807, 2.05) is 0 Å². The predicted molar refractivity (Wildman–Crippen MR) is 169 cm³/mol. The van der Waals surface area contributed by atoms with Gasteiger partial charge in [-0.05, 0) is 48.5 Å². The molecule has 4 aromatic carbocycles. The summed E-state index contributed by atoms with van der Waals surface area (Å²) in [6, 6.07) is 5.13. The highest BCUT2D eigenvalue weighted by Gasteiger charge is 2.50. The quantitative estimate of drug-likeness (QED) is 0.0685. The van der Waals surface area contributed by atoms with Gasteiger partial charge in [-0.2, -0.15) is 0 Å². The van der Waals surface area contributed by atoms with Gasteiger partial charge in [0, 0.05) is 0 Å². The summed E-state index contributed by atoms with van der Waals surface area (Å²) in [5.74, 6) is -17.9. The van der Waals surface area contributed by atoms with Crippen molar-refractivity contribution in [3.8, 4) is 69.0 Å². The Hall–Kier alpha value is -7.68. The molecule has 21 nitrogen and oxygen atoms in total. The smallest absolute Gasteiger partial charge is 0.340 e. The van der Waals surface area contributed by atoms with E-state index >= 15 is 0 Å². The summed E-state index contributed by atoms with van der Waals surface area (Å²) >= 11 is 0. The van der Waals surface area contributed by atoms with Crippen LogP contribution in [0.1, 0.15) is 41.4 Å². The van der Waals surface area contributed by atoms with E-state index in [1.54, 1.807) is 0 Å². The van der Waals surface area contributed by atoms with Crippen LogP contribution in [-0.4, -0.2) is 116 Å². The van der Waals surface area contributed by atoms with Crippen molar-refractivity contribution in [2.24, 2.45) is 0 Å². The van der Waals surface area contributed by atoms with Crippen LogP contribution in [0.5, 0.6) is 69.0 Å². The number of phenols is 12. The molecule has 0 aromatic heterocycles. The Labute approximate surface area is 299 Å². The lowest BCUT2D eigenvalue weighted by Crippen LogP contribution is -2.58. The molecule has 21 heteroatoms. The van der Waals surface area contributed by atoms with Crippen LogP contribution in [0.2, 0.25) is 0 Å². The molecule has 1 heterocycles. The zero-order valence-electron chi connectivity index (χ0n) is 26.7. The second-order valence-corrected chi connectivity index (χ2v) is 11.2. The van der Waals surface area contributed by atoms with E-state index in [2.05, 4.69) is 0 Å². The second-order valence-electron chi connectivity index (χ2n) is 11.2. The van der Waals surface area contributed by atoms with Crippen LogP contribution in [0.3, 0.4) is 0 Å². The second kappa shape index (κ2) is 14.5. The molecule has 1 aliphatic rings. The van der Waals surface area contributed by atoms with Gasteiger partial charge in [0.25, 0.3) is 0 Å². The van der Waals surface area contributed by atoms with E-state index in [0.29, 0.717) is 48.5 Å². The number of esters is 4. The van der Waals surface area contributed by atoms with Crippen molar-refractivity contribution >= 4 is 23.9 Å². The first-order valence-corrected chi connectivity index (χ1v) is 14.8. The summed E-state index contributed by atoms with van der Waals surface area (Å²) in [6.45, 7) is -0.898. The van der Waals surface area contributed by atoms with E-state index in [0.717, 1.165) is 0 Å². The van der Waals surface area contributed by atoms with Crippen LogP contribution in [0.15, 0.2) is 48.5 Å². The summed E-state index contributed by atoms with van der Waals surface area (Å²) in [5, 5.41) is 118. The predicted octanol–water partition coefficient (Wildman–Crippen LogP) is 1.34. The Bertz CT molecular complexity index is 1930. The van der Waals surface area contributed by atoms with Gasteiger partial charge in [-0.25, -0.2) is 19.2 Å². The Morgan fingerprint density at radius 3 is 0.981 bits per heavy atom. The van der Waals surface area contributed by atoms with Gasteiger partial charge in [0.15, 0.2) is 81.2 Å². The molecule has 1 saturated heterocycles. The third-order valence-electron chi connectivity index (χ3n) is 7.57. The van der Waals surface area contributed by atoms with Gasteiger partial charge in [0.1, 0.15) is 0 Å². The van der Waals surface area contributed by atoms with Crippen LogP contribution >= 0.6 is 0 Å². The number of benzene rings is 4. The fourth-order valence-corrected chi connectivity index (χ4v) is 4.86. The van der Waals surface area contributed by atoms with Gasteiger partial charge < -0.3 is 85.0 Å². The number of carbonyl (C=O) groups is 4. The van der Waals surface area contributed by atoms with Crippen molar-refractivity contribution in [3.63, 3.8) is 0 Å². The molecule has 0 bridgehead atoms. The van der Waals surface area contributed by atoms with E-state index < -0.39 is 146 Å². The van der Waals surface area contributed by atoms with Gasteiger partial charge in [0.2, 0.25) is 12.4 Å². The molecule has 0 radical (unpaired) electrons. The van der Waals surface area contributed by atoms with E-state index in [9.17, 15) is 80.5 Å². The molecular weight excluding hydrogens is 732 g/mol. The van der Waals surface area contributed by atoms with Gasteiger partial charge in [-0.1, -0.05) is 0 Å². The highest BCUT2D eigenvalue weighted by atomic mass is 16.7. The van der Waals surface area contributed by atoms with E-state index in [4.69, 9.17) is 23.7 Å². The van der Waals surface area contributed by atoms with Crippen molar-refractivity contribution in [1.82, 2.24) is 0 Å². The van der Waals surface area contributed by atoms with Gasteiger partial charge in [-0.15, -0.1) is 0 Å². The minimum atomic E-state index is -2.25. The maximum absolute atomic E-state index is 13.4. The molecule has 4 aromatic rings. The molecule has 5 rings (SSSR count). The van der Waals surface area contributed by atoms with Crippen molar-refractivity contribution in [1.29, 1.82) is 0 Å². The molecule has 0 spiro atoms. The third kappa shape index (κ3) is 7.50. The first-order chi connectivity index (χ1) is 25.4. The number of rotatable bonds is 8. The Kier molecular flexibility index (Phi) is 10.1. The van der Waals surface area contributed by atoms with Crippen molar-refractivity contribution in [2.75, 3.05) is 6.61 Å². The van der Waals surface area contributed by atoms with Crippen molar-refractivity contribution in [3.05, 3.63) is 70.8 Å². The van der Waals surface area contributed by atoms with Gasteiger partial charge in [0.05, 0.1) is 28.9 Å². The average Bonchev–Trinajstić information content (AvgIpc) is 3.11. The molecule has 284 valence electrons. The molecule has 1 fully saturated rings. The van der Waals surface area contributed by atoms with E-state index in [-0.39, 0.29) is 0 Å². The lowest BCUT2D eigenvalue weighted by Gasteiger charge is -2.40. The topological polar surface area (TPSA) is 357 Å². The largest absolute Gasteiger partial charge is 0.504 e. The Morgan fingerprint density at radius 1 is 0.407 bits per heavy atom. The van der Waals surface area contributed by atoms with Crippen molar-refractivity contribution < 1.29 is 104 Å². The maximum Gasteiger partial charge on any atom is 0.340 e. The number of aromatic hydroxyl groups is 12. The Morgan fingerprint density at radius 2 is 0.667 bits per heavy atom. The van der Waals surface area contributed by atoms with Crippen molar-refractivity contribution in [2.45, 2.75) is 24.6 Å². The number of phenolic OH excluding ortho intramolecular Hbond substituents is 12. The zero-order chi connectivity index (χ0) is 39.8. The molecule has 54 heavy (non-hydrogen) atoms. The monoisotopic (exact) mass is 758 g/mol. The summed E-state index contributed by atoms with van der Waals surface area (Å²) < 4.78 is 27.1. The minimum absolute atomic E-state index is 0.606. The average molecular weight is 759 g/mol. The van der Waals surface area contributed by atoms with E-state index in [1.165, 1.54) is 0 Å². The summed E-state index contributed by atoms with van der Waals surface area (Å²) in [7, 11) is 0. The highest BCUT2D eigenvalue weighted by molar-refractivity contribution is 5.94. The van der Waals surface area contributed by atoms with Crippen LogP contribution < -0.4 is 0 Å². The number of carbonyl (C=O) groups excluding carboxylic acids is 4. The number of hydrogen-bond acceptors (Lipinski definition) is 21. The molecule has 12 N–H and O–H groups in total. The standard InChI is InChI=1S/C33H26O21/c34-14-1-10(2-15(35)23(14)42)29(46)51-22-9-50-33(54-32(49)13-7-20(40)26(45)21(41)8-13)28(53-31(48)12-5-18(38)25(44)19(39)6-12)27(22)52-30(47)11-3-16(36)24(43)17(37)4-11/h1-8,22,27-28,33-45H,9H2/t22-,27-,28+,33+/m0/s1. The van der Waals surface area contributed by atoms with Crippen LogP contribution in [0.25, 0.3) is 0 Å². The molecule has 0 saturated carbocycles. The van der Waals surface area contributed by atoms with Crippen LogP contribution in [-0.2, 0) is 23.7 Å². The zero-order valence-corrected chi connectivity index (χ0v) is 26.7. The molecule has 0 amide bonds. The molecule has 0 aliphatic carbocycles. The lowest BCUT2D eigenvalue weighted by atomic mass is 10.0. The maximum atomic E-state index is 13.4. The fraction of sp³-hybridized carbons (Fsp3) is 0.152. The molecular formula is C33H26O21. The molecule has 1 aliphatic heterocycles. The normalized spacial score (nSPS) is 17.9. The van der Waals surface area contributed by atoms with Crippen LogP contribution in [0.4, 0.5) is 0 Å². The summed E-state index contributed by atoms with van der Waals surface area (Å²) in [6.07, 6.45) is -8.50. The molecule has 4 atom stereocenters. The number of ether oxygens (including phenoxy) is 5. The van der Waals surface area contributed by atoms with Crippen LogP contribution in [0, 0.1) is 0 Å². The molecule has 0 unspecified atom stereocenters. The van der Waals surface area contributed by atoms with Gasteiger partial charge >= 0.3 is 23.9 Å². The van der Waals surface area contributed by atoms with Gasteiger partial charge in [-0.3, -0.25) is 0 Å². The minimum Gasteiger partial charge on any atom is -0.504 e.